The van der Waals surface area contributed by atoms with Crippen LogP contribution in [-0.2, 0) is 12.6 Å². The van der Waals surface area contributed by atoms with Crippen LogP contribution in [0.15, 0.2) is 48.5 Å². The molecule has 0 aromatic heterocycles. The summed E-state index contributed by atoms with van der Waals surface area (Å²) in [7, 11) is 0. The van der Waals surface area contributed by atoms with Gasteiger partial charge in [0, 0.05) is 5.56 Å². The Kier molecular flexibility index (Phi) is 3.79. The van der Waals surface area contributed by atoms with E-state index in [1.807, 2.05) is 0 Å². The monoisotopic (exact) mass is 279 g/mol. The first-order valence-electron chi connectivity index (χ1n) is 5.83. The van der Waals surface area contributed by atoms with Crippen molar-refractivity contribution in [2.45, 2.75) is 12.6 Å². The van der Waals surface area contributed by atoms with Gasteiger partial charge in [0.25, 0.3) is 0 Å². The van der Waals surface area contributed by atoms with Gasteiger partial charge in [0.1, 0.15) is 0 Å². The summed E-state index contributed by atoms with van der Waals surface area (Å²) in [5.74, 6) is -1.34. The van der Waals surface area contributed by atoms with Crippen molar-refractivity contribution in [3.8, 4) is 0 Å². The largest absolute Gasteiger partial charge is 0.545 e. The van der Waals surface area contributed by atoms with Gasteiger partial charge in [0.15, 0.2) is 0 Å². The molecular weight excluding hydrogens is 269 g/mol. The summed E-state index contributed by atoms with van der Waals surface area (Å²) < 4.78 is 37.8. The number of benzene rings is 2. The summed E-state index contributed by atoms with van der Waals surface area (Å²) in [6, 6.07) is 10.9. The maximum atomic E-state index is 12.6. The lowest BCUT2D eigenvalue weighted by Crippen LogP contribution is -2.23. The Labute approximate surface area is 113 Å². The van der Waals surface area contributed by atoms with E-state index in [-0.39, 0.29) is 12.0 Å². The molecule has 0 atom stereocenters. The van der Waals surface area contributed by atoms with Crippen LogP contribution in [0.1, 0.15) is 27.0 Å². The maximum Gasteiger partial charge on any atom is 0.416 e. The highest BCUT2D eigenvalue weighted by Crippen LogP contribution is 2.30. The van der Waals surface area contributed by atoms with E-state index < -0.39 is 17.7 Å². The van der Waals surface area contributed by atoms with Crippen molar-refractivity contribution in [3.05, 3.63) is 70.8 Å². The summed E-state index contributed by atoms with van der Waals surface area (Å²) in [4.78, 5) is 10.9. The molecule has 0 spiro atoms. The van der Waals surface area contributed by atoms with Crippen molar-refractivity contribution in [1.82, 2.24) is 0 Å². The Balaban J connectivity index is 2.34. The fourth-order valence-electron chi connectivity index (χ4n) is 1.95. The Morgan fingerprint density at radius 2 is 1.75 bits per heavy atom. The molecule has 0 radical (unpaired) electrons. The molecule has 2 rings (SSSR count). The molecule has 104 valence electrons. The standard InChI is InChI=1S/C15H11F3O2/c16-15(17,18)12-6-3-4-10(9-12)8-11-5-1-2-7-13(11)14(19)20/h1-7,9H,8H2,(H,19,20)/p-1. The van der Waals surface area contributed by atoms with Crippen molar-refractivity contribution in [2.75, 3.05) is 0 Å². The van der Waals surface area contributed by atoms with Crippen molar-refractivity contribution in [1.29, 1.82) is 0 Å². The molecule has 0 N–H and O–H groups in total. The zero-order valence-electron chi connectivity index (χ0n) is 10.3. The highest BCUT2D eigenvalue weighted by Gasteiger charge is 2.30. The van der Waals surface area contributed by atoms with Crippen LogP contribution in [0.2, 0.25) is 0 Å². The SMILES string of the molecule is O=C([O-])c1ccccc1Cc1cccc(C(F)(F)F)c1. The molecule has 0 amide bonds. The Morgan fingerprint density at radius 3 is 2.40 bits per heavy atom. The minimum Gasteiger partial charge on any atom is -0.545 e. The van der Waals surface area contributed by atoms with Crippen LogP contribution < -0.4 is 5.11 Å². The van der Waals surface area contributed by atoms with E-state index in [9.17, 15) is 23.1 Å². The number of halogens is 3. The van der Waals surface area contributed by atoms with Gasteiger partial charge >= 0.3 is 6.18 Å². The van der Waals surface area contributed by atoms with Gasteiger partial charge in [0.05, 0.1) is 11.5 Å². The third-order valence-electron chi connectivity index (χ3n) is 2.89. The molecule has 0 unspecified atom stereocenters. The third kappa shape index (κ3) is 3.17. The van der Waals surface area contributed by atoms with Gasteiger partial charge in [-0.3, -0.25) is 0 Å². The average molecular weight is 279 g/mol. The van der Waals surface area contributed by atoms with Crippen LogP contribution in [0.25, 0.3) is 0 Å². The normalized spacial score (nSPS) is 11.3. The van der Waals surface area contributed by atoms with E-state index >= 15 is 0 Å². The van der Waals surface area contributed by atoms with E-state index in [4.69, 9.17) is 0 Å². The molecule has 0 aliphatic rings. The van der Waals surface area contributed by atoms with Crippen molar-refractivity contribution in [2.24, 2.45) is 0 Å². The van der Waals surface area contributed by atoms with Crippen LogP contribution >= 0.6 is 0 Å². The predicted octanol–water partition coefficient (Wildman–Crippen LogP) is 2.66. The van der Waals surface area contributed by atoms with Gasteiger partial charge in [-0.25, -0.2) is 0 Å². The number of aromatic carboxylic acids is 1. The van der Waals surface area contributed by atoms with Crippen molar-refractivity contribution >= 4 is 5.97 Å². The highest BCUT2D eigenvalue weighted by molar-refractivity contribution is 5.87. The molecule has 5 heteroatoms. The molecule has 2 nitrogen and oxygen atoms in total. The minimum absolute atomic E-state index is 0.00934. The second-order valence-electron chi connectivity index (χ2n) is 4.32. The number of carbonyl (C=O) groups is 1. The second-order valence-corrected chi connectivity index (χ2v) is 4.32. The number of carbonyl (C=O) groups excluding carboxylic acids is 1. The molecule has 20 heavy (non-hydrogen) atoms. The summed E-state index contributed by atoms with van der Waals surface area (Å²) in [6.07, 6.45) is -4.31. The lowest BCUT2D eigenvalue weighted by atomic mass is 9.98. The minimum atomic E-state index is -4.41. The average Bonchev–Trinajstić information content (AvgIpc) is 2.38. The van der Waals surface area contributed by atoms with Gasteiger partial charge in [-0.15, -0.1) is 0 Å². The van der Waals surface area contributed by atoms with Gasteiger partial charge in [0.2, 0.25) is 0 Å². The van der Waals surface area contributed by atoms with Crippen LogP contribution in [0, 0.1) is 0 Å². The third-order valence-corrected chi connectivity index (χ3v) is 2.89. The molecule has 0 aliphatic carbocycles. The topological polar surface area (TPSA) is 40.1 Å². The van der Waals surface area contributed by atoms with E-state index in [0.29, 0.717) is 11.1 Å². The first kappa shape index (κ1) is 14.1. The maximum absolute atomic E-state index is 12.6. The predicted molar refractivity (Wildman–Crippen MR) is 65.0 cm³/mol. The lowest BCUT2D eigenvalue weighted by Gasteiger charge is -2.12. The number of rotatable bonds is 3. The fraction of sp³-hybridized carbons (Fsp3) is 0.133. The fourth-order valence-corrected chi connectivity index (χ4v) is 1.95. The number of carboxylic acid groups (broad SMARTS) is 1. The summed E-state index contributed by atoms with van der Waals surface area (Å²) in [6.45, 7) is 0. The summed E-state index contributed by atoms with van der Waals surface area (Å²) in [5, 5.41) is 10.9. The smallest absolute Gasteiger partial charge is 0.416 e. The molecule has 0 saturated carbocycles. The molecule has 2 aromatic rings. The second kappa shape index (κ2) is 5.36. The van der Waals surface area contributed by atoms with Gasteiger partial charge in [-0.05, 0) is 23.6 Å². The van der Waals surface area contributed by atoms with Gasteiger partial charge < -0.3 is 9.90 Å². The molecule has 0 heterocycles. The van der Waals surface area contributed by atoms with Crippen molar-refractivity contribution < 1.29 is 23.1 Å². The summed E-state index contributed by atoms with van der Waals surface area (Å²) >= 11 is 0. The molecule has 0 aliphatic heterocycles. The molecule has 0 bridgehead atoms. The lowest BCUT2D eigenvalue weighted by molar-refractivity contribution is -0.255. The first-order chi connectivity index (χ1) is 9.38. The van der Waals surface area contributed by atoms with E-state index in [0.717, 1.165) is 12.1 Å². The van der Waals surface area contributed by atoms with E-state index in [2.05, 4.69) is 0 Å². The molecule has 0 saturated heterocycles. The quantitative estimate of drug-likeness (QED) is 0.866. The van der Waals surface area contributed by atoms with Crippen LogP contribution in [0.3, 0.4) is 0 Å². The Hall–Kier alpha value is -2.30. The summed E-state index contributed by atoms with van der Waals surface area (Å²) in [5.41, 5.74) is 0.0613. The number of hydrogen-bond acceptors (Lipinski definition) is 2. The highest BCUT2D eigenvalue weighted by atomic mass is 19.4. The number of alkyl halides is 3. The van der Waals surface area contributed by atoms with Crippen LogP contribution in [0.5, 0.6) is 0 Å². The van der Waals surface area contributed by atoms with E-state index in [1.165, 1.54) is 18.2 Å². The van der Waals surface area contributed by atoms with E-state index in [1.54, 1.807) is 18.2 Å². The number of carboxylic acids is 1. The number of hydrogen-bond donors (Lipinski definition) is 0. The zero-order valence-corrected chi connectivity index (χ0v) is 10.3. The first-order valence-corrected chi connectivity index (χ1v) is 5.83. The van der Waals surface area contributed by atoms with Gasteiger partial charge in [-0.1, -0.05) is 42.5 Å². The van der Waals surface area contributed by atoms with Gasteiger partial charge in [-0.2, -0.15) is 13.2 Å². The molecular formula is C15H10F3O2-. The zero-order chi connectivity index (χ0) is 14.8. The van der Waals surface area contributed by atoms with Crippen LogP contribution in [-0.4, -0.2) is 5.97 Å². The Morgan fingerprint density at radius 1 is 1.05 bits per heavy atom. The Bertz CT molecular complexity index is 633. The van der Waals surface area contributed by atoms with Crippen LogP contribution in [0.4, 0.5) is 13.2 Å². The molecule has 2 aromatic carbocycles. The van der Waals surface area contributed by atoms with Crippen molar-refractivity contribution in [3.63, 3.8) is 0 Å². The molecule has 0 fully saturated rings.